The van der Waals surface area contributed by atoms with E-state index in [2.05, 4.69) is 23.7 Å². The normalized spacial score (nSPS) is 28.2. The molecule has 2 atom stereocenters. The molecule has 1 aromatic rings. The van der Waals surface area contributed by atoms with Crippen molar-refractivity contribution in [2.75, 3.05) is 18.0 Å². The maximum Gasteiger partial charge on any atom is 0.343 e. The van der Waals surface area contributed by atoms with Crippen molar-refractivity contribution in [2.45, 2.75) is 39.7 Å². The van der Waals surface area contributed by atoms with Crippen molar-refractivity contribution >= 4 is 11.8 Å². The molecule has 2 aliphatic heterocycles. The number of rotatable bonds is 1. The molecule has 0 aliphatic carbocycles. The lowest BCUT2D eigenvalue weighted by molar-refractivity contribution is 0.00956. The monoisotopic (exact) mass is 274 g/mol. The minimum Gasteiger partial charge on any atom is -0.451 e. The van der Waals surface area contributed by atoms with E-state index in [9.17, 15) is 4.79 Å². The summed E-state index contributed by atoms with van der Waals surface area (Å²) in [5.74, 6) is 1.82. The van der Waals surface area contributed by atoms with Crippen LogP contribution in [0.5, 0.6) is 0 Å². The molecule has 0 aromatic carbocycles. The van der Waals surface area contributed by atoms with E-state index in [0.29, 0.717) is 17.4 Å². The number of carbonyl (C=O) groups excluding carboxylic acids is 1. The van der Waals surface area contributed by atoms with E-state index >= 15 is 0 Å². The summed E-state index contributed by atoms with van der Waals surface area (Å²) in [5.41, 5.74) is 1.08. The molecule has 1 fully saturated rings. The van der Waals surface area contributed by atoms with Crippen molar-refractivity contribution in [2.24, 2.45) is 11.8 Å². The SMILES string of the molecule is C[C@@H]1C[C@H](C)CN(c2nccc3c2C(=O)OC3(C)C)C1. The largest absolute Gasteiger partial charge is 0.451 e. The maximum absolute atomic E-state index is 12.2. The van der Waals surface area contributed by atoms with Gasteiger partial charge in [-0.05, 0) is 38.2 Å². The average molecular weight is 274 g/mol. The van der Waals surface area contributed by atoms with Gasteiger partial charge in [0.05, 0.1) is 0 Å². The van der Waals surface area contributed by atoms with Crippen LogP contribution in [0.25, 0.3) is 0 Å². The van der Waals surface area contributed by atoms with Crippen LogP contribution in [0.4, 0.5) is 5.82 Å². The van der Waals surface area contributed by atoms with Crippen LogP contribution in [0, 0.1) is 11.8 Å². The number of carbonyl (C=O) groups is 1. The highest BCUT2D eigenvalue weighted by Crippen LogP contribution is 2.40. The molecule has 0 unspecified atom stereocenters. The van der Waals surface area contributed by atoms with Gasteiger partial charge in [0.1, 0.15) is 17.0 Å². The molecule has 3 heterocycles. The lowest BCUT2D eigenvalue weighted by atomic mass is 9.91. The number of fused-ring (bicyclic) bond motifs is 1. The molecular weight excluding hydrogens is 252 g/mol. The highest BCUT2D eigenvalue weighted by atomic mass is 16.6. The van der Waals surface area contributed by atoms with E-state index in [1.54, 1.807) is 6.20 Å². The molecule has 0 N–H and O–H groups in total. The van der Waals surface area contributed by atoms with Crippen LogP contribution in [0.1, 0.15) is 50.0 Å². The summed E-state index contributed by atoms with van der Waals surface area (Å²) in [7, 11) is 0. The Bertz CT molecular complexity index is 543. The van der Waals surface area contributed by atoms with Gasteiger partial charge in [-0.15, -0.1) is 0 Å². The Morgan fingerprint density at radius 1 is 1.30 bits per heavy atom. The van der Waals surface area contributed by atoms with Crippen LogP contribution >= 0.6 is 0 Å². The fraction of sp³-hybridized carbons (Fsp3) is 0.625. The molecule has 0 saturated carbocycles. The van der Waals surface area contributed by atoms with E-state index < -0.39 is 5.60 Å². The molecule has 2 aliphatic rings. The van der Waals surface area contributed by atoms with E-state index in [1.165, 1.54) is 6.42 Å². The molecule has 0 amide bonds. The first-order valence-corrected chi connectivity index (χ1v) is 7.36. The first-order chi connectivity index (χ1) is 9.38. The van der Waals surface area contributed by atoms with E-state index in [1.807, 2.05) is 19.9 Å². The molecule has 0 bridgehead atoms. The Kier molecular flexibility index (Phi) is 3.00. The zero-order valence-corrected chi connectivity index (χ0v) is 12.6. The minimum absolute atomic E-state index is 0.237. The van der Waals surface area contributed by atoms with Crippen molar-refractivity contribution in [1.29, 1.82) is 0 Å². The van der Waals surface area contributed by atoms with Crippen LogP contribution < -0.4 is 4.90 Å². The number of hydrogen-bond donors (Lipinski definition) is 0. The van der Waals surface area contributed by atoms with Crippen LogP contribution in [-0.2, 0) is 10.3 Å². The number of anilines is 1. The van der Waals surface area contributed by atoms with Gasteiger partial charge >= 0.3 is 5.97 Å². The average Bonchev–Trinajstić information content (AvgIpc) is 2.59. The van der Waals surface area contributed by atoms with Crippen molar-refractivity contribution in [3.8, 4) is 0 Å². The van der Waals surface area contributed by atoms with Gasteiger partial charge in [0.15, 0.2) is 0 Å². The molecule has 108 valence electrons. The molecule has 4 heteroatoms. The third kappa shape index (κ3) is 2.07. The van der Waals surface area contributed by atoms with Crippen molar-refractivity contribution in [3.05, 3.63) is 23.4 Å². The molecule has 3 rings (SSSR count). The molecule has 1 aromatic heterocycles. The van der Waals surface area contributed by atoms with Crippen molar-refractivity contribution in [3.63, 3.8) is 0 Å². The molecule has 4 nitrogen and oxygen atoms in total. The second-order valence-electron chi connectivity index (χ2n) is 6.81. The number of ether oxygens (including phenoxy) is 1. The van der Waals surface area contributed by atoms with Crippen LogP contribution in [0.3, 0.4) is 0 Å². The Morgan fingerprint density at radius 3 is 2.60 bits per heavy atom. The van der Waals surface area contributed by atoms with Crippen molar-refractivity contribution in [1.82, 2.24) is 4.98 Å². The van der Waals surface area contributed by atoms with Gasteiger partial charge in [-0.3, -0.25) is 0 Å². The first kappa shape index (κ1) is 13.4. The van der Waals surface area contributed by atoms with Crippen LogP contribution in [0.2, 0.25) is 0 Å². The standard InChI is InChI=1S/C16H22N2O2/c1-10-7-11(2)9-18(8-10)14-13-12(5-6-17-14)16(3,4)20-15(13)19/h5-6,10-11H,7-9H2,1-4H3/t10-,11+. The predicted octanol–water partition coefficient (Wildman–Crippen LogP) is 2.97. The zero-order valence-electron chi connectivity index (χ0n) is 12.6. The number of cyclic esters (lactones) is 1. The minimum atomic E-state index is -0.545. The number of hydrogen-bond acceptors (Lipinski definition) is 4. The Hall–Kier alpha value is -1.58. The Labute approximate surface area is 120 Å². The summed E-state index contributed by atoms with van der Waals surface area (Å²) in [4.78, 5) is 19.0. The number of pyridine rings is 1. The summed E-state index contributed by atoms with van der Waals surface area (Å²) >= 11 is 0. The fourth-order valence-corrected chi connectivity index (χ4v) is 3.57. The predicted molar refractivity (Wildman–Crippen MR) is 77.8 cm³/mol. The summed E-state index contributed by atoms with van der Waals surface area (Å²) in [5, 5.41) is 0. The highest BCUT2D eigenvalue weighted by Gasteiger charge is 2.41. The Balaban J connectivity index is 2.04. The first-order valence-electron chi connectivity index (χ1n) is 7.36. The van der Waals surface area contributed by atoms with E-state index in [-0.39, 0.29) is 5.97 Å². The van der Waals surface area contributed by atoms with Gasteiger partial charge in [0.25, 0.3) is 0 Å². The number of piperidine rings is 1. The van der Waals surface area contributed by atoms with E-state index in [0.717, 1.165) is 24.5 Å². The highest BCUT2D eigenvalue weighted by molar-refractivity contribution is 5.99. The second kappa shape index (κ2) is 4.47. The summed E-state index contributed by atoms with van der Waals surface area (Å²) in [6.07, 6.45) is 3.03. The summed E-state index contributed by atoms with van der Waals surface area (Å²) in [6.45, 7) is 10.3. The lowest BCUT2D eigenvalue weighted by Gasteiger charge is -2.36. The third-order valence-corrected chi connectivity index (χ3v) is 4.30. The summed E-state index contributed by atoms with van der Waals surface area (Å²) < 4.78 is 5.50. The molecule has 0 radical (unpaired) electrons. The fourth-order valence-electron chi connectivity index (χ4n) is 3.57. The maximum atomic E-state index is 12.2. The van der Waals surface area contributed by atoms with Gasteiger partial charge in [0.2, 0.25) is 0 Å². The van der Waals surface area contributed by atoms with Gasteiger partial charge in [-0.1, -0.05) is 13.8 Å². The molecule has 20 heavy (non-hydrogen) atoms. The van der Waals surface area contributed by atoms with Crippen molar-refractivity contribution < 1.29 is 9.53 Å². The zero-order chi connectivity index (χ0) is 14.5. The van der Waals surface area contributed by atoms with Crippen LogP contribution in [-0.4, -0.2) is 24.0 Å². The quantitative estimate of drug-likeness (QED) is 0.738. The second-order valence-corrected chi connectivity index (χ2v) is 6.81. The van der Waals surface area contributed by atoms with Gasteiger partial charge < -0.3 is 9.64 Å². The van der Waals surface area contributed by atoms with Crippen LogP contribution in [0.15, 0.2) is 12.3 Å². The number of aromatic nitrogens is 1. The smallest absolute Gasteiger partial charge is 0.343 e. The molecular formula is C16H22N2O2. The molecule has 0 spiro atoms. The van der Waals surface area contributed by atoms with E-state index in [4.69, 9.17) is 4.74 Å². The molecule has 1 saturated heterocycles. The topological polar surface area (TPSA) is 42.4 Å². The third-order valence-electron chi connectivity index (χ3n) is 4.30. The summed E-state index contributed by atoms with van der Waals surface area (Å²) in [6, 6.07) is 1.90. The number of esters is 1. The van der Waals surface area contributed by atoms with Gasteiger partial charge in [0, 0.05) is 24.8 Å². The lowest BCUT2D eigenvalue weighted by Crippen LogP contribution is -2.40. The number of nitrogens with zero attached hydrogens (tertiary/aromatic N) is 2. The Morgan fingerprint density at radius 2 is 1.95 bits per heavy atom. The van der Waals surface area contributed by atoms with Gasteiger partial charge in [-0.2, -0.15) is 0 Å². The van der Waals surface area contributed by atoms with Gasteiger partial charge in [-0.25, -0.2) is 9.78 Å².